The van der Waals surface area contributed by atoms with Gasteiger partial charge in [-0.05, 0) is 37.7 Å². The average molecular weight is 413 g/mol. The van der Waals surface area contributed by atoms with Crippen molar-refractivity contribution in [3.05, 3.63) is 66.0 Å². The van der Waals surface area contributed by atoms with Crippen LogP contribution < -0.4 is 5.32 Å². The molecular weight excluding hydrogens is 383 g/mol. The first-order valence-electron chi connectivity index (χ1n) is 10.2. The van der Waals surface area contributed by atoms with Crippen molar-refractivity contribution in [2.24, 2.45) is 0 Å². The second kappa shape index (κ2) is 10.3. The van der Waals surface area contributed by atoms with E-state index in [0.29, 0.717) is 24.8 Å². The normalized spacial score (nSPS) is 15.8. The highest BCUT2D eigenvalue weighted by Crippen LogP contribution is 2.21. The highest BCUT2D eigenvalue weighted by molar-refractivity contribution is 5.92. The van der Waals surface area contributed by atoms with E-state index in [9.17, 15) is 14.0 Å². The van der Waals surface area contributed by atoms with Crippen LogP contribution in [0.5, 0.6) is 0 Å². The summed E-state index contributed by atoms with van der Waals surface area (Å²) in [6.07, 6.45) is 0. The molecule has 160 valence electrons. The van der Waals surface area contributed by atoms with Gasteiger partial charge in [0.1, 0.15) is 5.82 Å². The van der Waals surface area contributed by atoms with Gasteiger partial charge >= 0.3 is 0 Å². The monoisotopic (exact) mass is 412 g/mol. The lowest BCUT2D eigenvalue weighted by Gasteiger charge is -2.38. The first-order chi connectivity index (χ1) is 14.4. The Morgan fingerprint density at radius 3 is 2.40 bits per heavy atom. The zero-order valence-corrected chi connectivity index (χ0v) is 17.6. The predicted octanol–water partition coefficient (Wildman–Crippen LogP) is 2.60. The van der Waals surface area contributed by atoms with E-state index in [1.54, 1.807) is 18.0 Å². The van der Waals surface area contributed by atoms with Crippen LogP contribution in [-0.4, -0.2) is 72.8 Å². The number of halogens is 1. The van der Waals surface area contributed by atoms with Gasteiger partial charge in [0.25, 0.3) is 0 Å². The molecule has 1 aliphatic heterocycles. The van der Waals surface area contributed by atoms with Crippen LogP contribution in [0.15, 0.2) is 54.6 Å². The smallest absolute Gasteiger partial charge is 0.238 e. The molecule has 0 spiro atoms. The van der Waals surface area contributed by atoms with Crippen molar-refractivity contribution >= 4 is 17.5 Å². The van der Waals surface area contributed by atoms with E-state index >= 15 is 0 Å². The van der Waals surface area contributed by atoms with Crippen LogP contribution in [-0.2, 0) is 9.59 Å². The van der Waals surface area contributed by atoms with Crippen molar-refractivity contribution in [2.45, 2.75) is 13.0 Å². The van der Waals surface area contributed by atoms with E-state index in [2.05, 4.69) is 29.3 Å². The fraction of sp³-hybridized carbons (Fsp3) is 0.391. The SMILES string of the molecule is C[C@H](c1ccccc1)N1CCN(C(=O)CN(C)CC(=O)Nc2cccc(F)c2)CC1. The number of carbonyl (C=O) groups is 2. The Labute approximate surface area is 177 Å². The number of carbonyl (C=O) groups excluding carboxylic acids is 2. The molecule has 3 rings (SSSR count). The minimum Gasteiger partial charge on any atom is -0.339 e. The van der Waals surface area contributed by atoms with Gasteiger partial charge in [-0.3, -0.25) is 19.4 Å². The summed E-state index contributed by atoms with van der Waals surface area (Å²) in [6.45, 7) is 5.44. The molecule has 0 radical (unpaired) electrons. The summed E-state index contributed by atoms with van der Waals surface area (Å²) in [5.74, 6) is -0.669. The van der Waals surface area contributed by atoms with Gasteiger partial charge in [-0.1, -0.05) is 36.4 Å². The Morgan fingerprint density at radius 2 is 1.73 bits per heavy atom. The molecule has 7 heteroatoms. The van der Waals surface area contributed by atoms with Gasteiger partial charge in [-0.15, -0.1) is 0 Å². The molecular formula is C23H29FN4O2. The Kier molecular flexibility index (Phi) is 7.54. The van der Waals surface area contributed by atoms with Crippen molar-refractivity contribution in [3.63, 3.8) is 0 Å². The van der Waals surface area contributed by atoms with Crippen molar-refractivity contribution in [1.82, 2.24) is 14.7 Å². The molecule has 2 aromatic rings. The molecule has 1 aliphatic rings. The van der Waals surface area contributed by atoms with E-state index in [4.69, 9.17) is 0 Å². The molecule has 1 heterocycles. The van der Waals surface area contributed by atoms with Crippen molar-refractivity contribution in [1.29, 1.82) is 0 Å². The van der Waals surface area contributed by atoms with E-state index < -0.39 is 5.82 Å². The first-order valence-corrected chi connectivity index (χ1v) is 10.2. The molecule has 2 aromatic carbocycles. The number of likely N-dealkylation sites (N-methyl/N-ethyl adjacent to an activating group) is 1. The molecule has 2 amide bonds. The standard InChI is InChI=1S/C23H29FN4O2/c1-18(19-7-4-3-5-8-19)27-11-13-28(14-12-27)23(30)17-26(2)16-22(29)25-21-10-6-9-20(24)15-21/h3-10,15,18H,11-14,16-17H2,1-2H3,(H,25,29)/t18-/m1/s1. The number of hydrogen-bond donors (Lipinski definition) is 1. The number of nitrogens with zero attached hydrogens (tertiary/aromatic N) is 3. The lowest BCUT2D eigenvalue weighted by atomic mass is 10.1. The van der Waals surface area contributed by atoms with Crippen LogP contribution in [0.3, 0.4) is 0 Å². The number of amides is 2. The van der Waals surface area contributed by atoms with Gasteiger partial charge in [0.05, 0.1) is 13.1 Å². The van der Waals surface area contributed by atoms with Gasteiger partial charge in [-0.2, -0.15) is 0 Å². The molecule has 1 fully saturated rings. The van der Waals surface area contributed by atoms with Crippen LogP contribution in [0.4, 0.5) is 10.1 Å². The lowest BCUT2D eigenvalue weighted by molar-refractivity contribution is -0.134. The van der Waals surface area contributed by atoms with Crippen molar-refractivity contribution in [2.75, 3.05) is 51.6 Å². The lowest BCUT2D eigenvalue weighted by Crippen LogP contribution is -2.51. The molecule has 0 aromatic heterocycles. The molecule has 1 atom stereocenters. The molecule has 0 unspecified atom stereocenters. The van der Waals surface area contributed by atoms with E-state index in [-0.39, 0.29) is 24.9 Å². The zero-order valence-electron chi connectivity index (χ0n) is 17.6. The Bertz CT molecular complexity index is 853. The number of piperazine rings is 1. The highest BCUT2D eigenvalue weighted by Gasteiger charge is 2.25. The molecule has 1 N–H and O–H groups in total. The molecule has 0 bridgehead atoms. The largest absolute Gasteiger partial charge is 0.339 e. The third-order valence-corrected chi connectivity index (χ3v) is 5.42. The van der Waals surface area contributed by atoms with Crippen LogP contribution in [0.1, 0.15) is 18.5 Å². The fourth-order valence-corrected chi connectivity index (χ4v) is 3.70. The topological polar surface area (TPSA) is 55.9 Å². The maximum absolute atomic E-state index is 13.2. The number of rotatable bonds is 7. The second-order valence-corrected chi connectivity index (χ2v) is 7.73. The highest BCUT2D eigenvalue weighted by atomic mass is 19.1. The minimum absolute atomic E-state index is 0.0167. The Hall–Kier alpha value is -2.77. The summed E-state index contributed by atoms with van der Waals surface area (Å²) >= 11 is 0. The van der Waals surface area contributed by atoms with Gasteiger partial charge in [0.15, 0.2) is 0 Å². The molecule has 6 nitrogen and oxygen atoms in total. The molecule has 1 saturated heterocycles. The van der Waals surface area contributed by atoms with Gasteiger partial charge in [0.2, 0.25) is 11.8 Å². The molecule has 0 aliphatic carbocycles. The zero-order chi connectivity index (χ0) is 21.5. The maximum atomic E-state index is 13.2. The summed E-state index contributed by atoms with van der Waals surface area (Å²) in [6, 6.07) is 16.4. The van der Waals surface area contributed by atoms with E-state index in [1.165, 1.54) is 23.8 Å². The van der Waals surface area contributed by atoms with E-state index in [1.807, 2.05) is 23.1 Å². The number of anilines is 1. The minimum atomic E-state index is -0.406. The molecule has 30 heavy (non-hydrogen) atoms. The quantitative estimate of drug-likeness (QED) is 0.760. The van der Waals surface area contributed by atoms with Gasteiger partial charge < -0.3 is 10.2 Å². The van der Waals surface area contributed by atoms with Crippen LogP contribution >= 0.6 is 0 Å². The Morgan fingerprint density at radius 1 is 1.03 bits per heavy atom. The second-order valence-electron chi connectivity index (χ2n) is 7.73. The summed E-state index contributed by atoms with van der Waals surface area (Å²) in [7, 11) is 1.73. The average Bonchev–Trinajstić information content (AvgIpc) is 2.73. The summed E-state index contributed by atoms with van der Waals surface area (Å²) in [5, 5.41) is 2.65. The third kappa shape index (κ3) is 6.11. The van der Waals surface area contributed by atoms with Crippen LogP contribution in [0.25, 0.3) is 0 Å². The maximum Gasteiger partial charge on any atom is 0.238 e. The predicted molar refractivity (Wildman–Crippen MR) is 116 cm³/mol. The van der Waals surface area contributed by atoms with Crippen LogP contribution in [0.2, 0.25) is 0 Å². The number of hydrogen-bond acceptors (Lipinski definition) is 4. The van der Waals surface area contributed by atoms with Gasteiger partial charge in [0, 0.05) is 37.9 Å². The van der Waals surface area contributed by atoms with Gasteiger partial charge in [-0.25, -0.2) is 4.39 Å². The summed E-state index contributed by atoms with van der Waals surface area (Å²) in [4.78, 5) is 30.7. The molecule has 0 saturated carbocycles. The first kappa shape index (κ1) is 21.9. The number of benzene rings is 2. The van der Waals surface area contributed by atoms with E-state index in [0.717, 1.165) is 13.1 Å². The Balaban J connectivity index is 1.42. The third-order valence-electron chi connectivity index (χ3n) is 5.42. The van der Waals surface area contributed by atoms with Crippen molar-refractivity contribution in [3.8, 4) is 0 Å². The number of nitrogens with one attached hydrogen (secondary N) is 1. The summed E-state index contributed by atoms with van der Waals surface area (Å²) in [5.41, 5.74) is 1.68. The van der Waals surface area contributed by atoms with Crippen molar-refractivity contribution < 1.29 is 14.0 Å². The fourth-order valence-electron chi connectivity index (χ4n) is 3.70. The van der Waals surface area contributed by atoms with Crippen LogP contribution in [0, 0.1) is 5.82 Å². The summed E-state index contributed by atoms with van der Waals surface area (Å²) < 4.78 is 13.2.